The molecule has 5 aliphatic heterocycles. The molecule has 29 nitrogen and oxygen atoms in total. The molecule has 9 heterocycles. The number of pyridine rings is 4. The molecule has 6 aromatic carbocycles. The summed E-state index contributed by atoms with van der Waals surface area (Å²) in [5.74, 6) is 5.67. The monoisotopic (exact) mass is 2210 g/mol. The SMILES string of the molecule is C.C=S1(=O)C[C@@](C)(c2cc(C[C@H]3CCCc4cc(Br)cnc43)ccc2F)N=C(N)N1C.CN1C(N)=N[C@](C)(c2cc(C[C@H]3CCc4cc(Cl)ccc43)ccc2F)CS1(=O)=O.Cc1cnc2c(c1)[C@H](Cc1ccc(F)c([C@]3(C)CS(=O)(=O)N(C)C(N)=N3)c1)CC2.[C-]#[N+]c1cnc2c(c1)CC[C@@H]2Cc1ccc(F)c([C@]2(C)CS(=O)(=O)N(C)C(N)=N2)c1.[C-]#[N+]c1cnc2c(c1)CC[C@H]2Cc1ccc(F)c([C@]2(C)CS(=C)(=O)N(C)C(N)=N2)c1. The minimum Gasteiger partial charge on any atom is -0.369 e. The average molecular weight is 2220 g/mol. The van der Waals surface area contributed by atoms with Crippen LogP contribution in [0.25, 0.3) is 9.69 Å². The summed E-state index contributed by atoms with van der Waals surface area (Å²) >= 11 is 9.60. The van der Waals surface area contributed by atoms with Crippen molar-refractivity contribution in [2.24, 2.45) is 53.6 Å². The Morgan fingerprint density at radius 2 is 0.691 bits per heavy atom. The van der Waals surface area contributed by atoms with Crippen molar-refractivity contribution in [2.75, 3.05) is 64.0 Å². The number of halogens is 7. The fourth-order valence-corrected chi connectivity index (χ4v) is 30.2. The molecule has 20 rings (SSSR count). The van der Waals surface area contributed by atoms with Crippen molar-refractivity contribution in [3.05, 3.63) is 337 Å². The first kappa shape index (κ1) is 111. The topological polar surface area (TPSA) is 405 Å². The molecule has 0 spiro atoms. The van der Waals surface area contributed by atoms with Crippen molar-refractivity contribution < 1.29 is 55.6 Å². The fraction of sp³-hybridized carbons (Fsp3) is 0.398. The Kier molecular flexibility index (Phi) is 31.5. The zero-order valence-corrected chi connectivity index (χ0v) is 90.6. The van der Waals surface area contributed by atoms with E-state index in [-0.39, 0.29) is 106 Å². The van der Waals surface area contributed by atoms with Crippen LogP contribution in [0.5, 0.6) is 0 Å². The van der Waals surface area contributed by atoms with Crippen molar-refractivity contribution in [3.63, 3.8) is 0 Å². The van der Waals surface area contributed by atoms with E-state index in [0.29, 0.717) is 47.2 Å². The number of hydrogen-bond acceptors (Lipinski definition) is 22. The molecule has 0 radical (unpaired) electrons. The lowest BCUT2D eigenvalue weighted by Crippen LogP contribution is -2.50. The minimum absolute atomic E-state index is 0. The summed E-state index contributed by atoms with van der Waals surface area (Å²) in [6.07, 6.45) is 21.2. The summed E-state index contributed by atoms with van der Waals surface area (Å²) in [5.41, 5.74) is 43.5. The minimum atomic E-state index is -3.69. The van der Waals surface area contributed by atoms with Gasteiger partial charge in [0, 0.05) is 138 Å². The van der Waals surface area contributed by atoms with Crippen molar-refractivity contribution in [3.8, 4) is 0 Å². The van der Waals surface area contributed by atoms with Gasteiger partial charge in [-0.25, -0.2) is 103 Å². The summed E-state index contributed by atoms with van der Waals surface area (Å²) in [7, 11) is -9.14. The van der Waals surface area contributed by atoms with Gasteiger partial charge in [0.2, 0.25) is 71.2 Å². The van der Waals surface area contributed by atoms with Crippen LogP contribution in [0.15, 0.2) is 188 Å². The zero-order chi connectivity index (χ0) is 107. The predicted molar refractivity (Wildman–Crippen MR) is 586 cm³/mol. The summed E-state index contributed by atoms with van der Waals surface area (Å²) in [6, 6.07) is 38.8. The second-order valence-electron chi connectivity index (χ2n) is 41.1. The number of benzene rings is 6. The standard InChI is InChI=1S/C22H26BrFN4OS.C22H24FN5OS.C21H23ClFN3O2S.C21H22FN5O2S.C21H25FN4O2S.CH4/c1-22(13-30(3,29)28(2)21(25)27-22)18-10-14(7-8-19(18)24)9-15-5-4-6-16-11-17(23)12-26-20(15)16;1-22(13-30(4,29)28(3)21(24)27-22)18-10-14(5-8-19(18)23)9-15-6-7-16-11-17(25-2)12-26-20(15)16;1-21(12-29(27,28)26(2)20(24)25-21)18-10-13(3-8-19(18)23)9-14-4-5-15-11-16(22)6-7-17(14)15;1-21(12-30(28,29)27(3)20(23)26-21)17-9-13(4-7-18(17)22)8-14-5-6-15-10-16(24-2)11-25-19(14)15;1-13-8-16-15(5-7-19(16)24-11-13)9-14-4-6-18(22)17(10-14)21(2)12-29(27,28)26(3)20(23)25-21;/h7-8,10-12,15H,3-6,9,13H2,1-2H3,(H2,25,27);5,8,10-12,15H,4,6-7,9,13H2,1,3H3,(H2,24,27);3,6-8,10-11,14H,4-5,9,12H2,1-2H3,(H2,24,25);4,7,9-11,14H,5-6,8,12H2,1,3H3,(H2,23,26);4,6,8,10-11,15H,5,7,9,12H2,1-3H3,(H2,23,25);1H4/t15-,22+,30?;15-,22-,30?;2*14-,21+;15-,21-;/m10110./s1. The third kappa shape index (κ3) is 23.2. The molecule has 149 heavy (non-hydrogen) atoms. The van der Waals surface area contributed by atoms with Gasteiger partial charge in [-0.2, -0.15) is 0 Å². The average Bonchev–Trinajstić information content (AvgIpc) is 1.75. The lowest BCUT2D eigenvalue weighted by atomic mass is 9.82. The number of fused-ring (bicyclic) bond motifs is 5. The third-order valence-corrected chi connectivity index (χ3v) is 41.0. The van der Waals surface area contributed by atoms with Gasteiger partial charge in [-0.15, -0.1) is 0 Å². The van der Waals surface area contributed by atoms with E-state index in [0.717, 1.165) is 180 Å². The molecule has 788 valence electrons. The lowest BCUT2D eigenvalue weighted by Gasteiger charge is -2.37. The molecule has 12 atom stereocenters. The van der Waals surface area contributed by atoms with Gasteiger partial charge in [0.1, 0.15) is 56.8 Å². The van der Waals surface area contributed by atoms with Crippen LogP contribution in [0.3, 0.4) is 0 Å². The highest BCUT2D eigenvalue weighted by Crippen LogP contribution is 2.47. The van der Waals surface area contributed by atoms with Gasteiger partial charge in [0.15, 0.2) is 0 Å². The van der Waals surface area contributed by atoms with E-state index >= 15 is 0 Å². The largest absolute Gasteiger partial charge is 0.369 e. The van der Waals surface area contributed by atoms with Crippen LogP contribution >= 0.6 is 27.5 Å². The van der Waals surface area contributed by atoms with Crippen LogP contribution < -0.4 is 28.7 Å². The Balaban J connectivity index is 0.000000139. The van der Waals surface area contributed by atoms with E-state index in [4.69, 9.17) is 53.4 Å². The number of rotatable bonds is 15. The van der Waals surface area contributed by atoms with E-state index in [1.807, 2.05) is 55.7 Å². The summed E-state index contributed by atoms with van der Waals surface area (Å²) < 4.78 is 181. The summed E-state index contributed by atoms with van der Waals surface area (Å²) in [5, 5.41) is 0.736. The molecule has 41 heteroatoms. The number of sulfonamides is 3. The molecule has 0 saturated carbocycles. The highest BCUT2D eigenvalue weighted by molar-refractivity contribution is 9.10. The van der Waals surface area contributed by atoms with E-state index in [2.05, 4.69) is 100 Å². The maximum atomic E-state index is 14.9. The summed E-state index contributed by atoms with van der Waals surface area (Å²) in [6.45, 7) is 24.7. The maximum Gasteiger partial charge on any atom is 0.239 e. The number of aryl methyl sites for hydroxylation is 6. The van der Waals surface area contributed by atoms with Gasteiger partial charge < -0.3 is 28.7 Å². The number of guanidine groups is 5. The van der Waals surface area contributed by atoms with Crippen molar-refractivity contribution >= 4 is 130 Å². The molecular formula is C108H124BrClF5N21O8S5. The van der Waals surface area contributed by atoms with E-state index in [1.54, 1.807) is 110 Å². The van der Waals surface area contributed by atoms with Crippen molar-refractivity contribution in [2.45, 2.75) is 209 Å². The molecule has 0 fully saturated rings. The maximum absolute atomic E-state index is 14.9. The smallest absolute Gasteiger partial charge is 0.239 e. The number of aromatic nitrogens is 4. The number of aliphatic imine (C=N–C) groups is 5. The molecule has 0 bridgehead atoms. The van der Waals surface area contributed by atoms with Crippen LogP contribution in [0.2, 0.25) is 5.02 Å². The van der Waals surface area contributed by atoms with Gasteiger partial charge in [0.05, 0.1) is 61.3 Å². The summed E-state index contributed by atoms with van der Waals surface area (Å²) in [4.78, 5) is 47.0. The molecule has 5 aliphatic carbocycles. The number of nitrogens with two attached hydrogens (primary N) is 5. The first-order chi connectivity index (χ1) is 69.5. The Morgan fingerprint density at radius 3 is 1.05 bits per heavy atom. The molecule has 4 aromatic heterocycles. The van der Waals surface area contributed by atoms with E-state index < -0.39 is 100 Å². The highest BCUT2D eigenvalue weighted by Gasteiger charge is 2.48. The second-order valence-corrected chi connectivity index (χ2v) is 53.2. The molecule has 10 aromatic rings. The van der Waals surface area contributed by atoms with E-state index in [9.17, 15) is 55.6 Å². The second kappa shape index (κ2) is 42.4. The van der Waals surface area contributed by atoms with Gasteiger partial charge in [0.25, 0.3) is 0 Å². The fourth-order valence-electron chi connectivity index (χ4n) is 21.9. The van der Waals surface area contributed by atoms with Crippen LogP contribution in [0, 0.1) is 49.2 Å². The molecule has 0 amide bonds. The molecule has 2 unspecified atom stereocenters. The Bertz CT molecular complexity index is 7710. The quantitative estimate of drug-likeness (QED) is 0.0361. The Morgan fingerprint density at radius 1 is 0.383 bits per heavy atom. The van der Waals surface area contributed by atoms with Gasteiger partial charge in [-0.3, -0.25) is 28.5 Å². The molecule has 0 saturated heterocycles. The molecular weight excluding hydrogens is 2090 g/mol. The highest BCUT2D eigenvalue weighted by atomic mass is 79.9. The van der Waals surface area contributed by atoms with E-state index in [1.165, 1.54) is 82.3 Å². The number of hydrogen-bond donors (Lipinski definition) is 5. The third-order valence-electron chi connectivity index (χ3n) is 30.0. The van der Waals surface area contributed by atoms with Crippen LogP contribution in [-0.2, 0) is 141 Å². The Labute approximate surface area is 884 Å². The lowest BCUT2D eigenvalue weighted by molar-refractivity contribution is 0.455. The first-order valence-electron chi connectivity index (χ1n) is 48.4. The molecule has 10 N–H and O–H groups in total. The predicted octanol–water partition coefficient (Wildman–Crippen LogP) is 16.6. The normalized spacial score (nSPS) is 26.4. The first-order valence-corrected chi connectivity index (χ1v) is 58.1. The van der Waals surface area contributed by atoms with Crippen LogP contribution in [0.4, 0.5) is 33.3 Å². The van der Waals surface area contributed by atoms with Gasteiger partial charge >= 0.3 is 0 Å². The van der Waals surface area contributed by atoms with Crippen LogP contribution in [-0.4, -0.2) is 181 Å². The van der Waals surface area contributed by atoms with Gasteiger partial charge in [-0.1, -0.05) is 91.8 Å². The zero-order valence-electron chi connectivity index (χ0n) is 84.2. The number of nitrogens with zero attached hydrogens (tertiary/aromatic N) is 16. The van der Waals surface area contributed by atoms with Crippen LogP contribution in [0.1, 0.15) is 228 Å². The molecule has 10 aliphatic rings. The van der Waals surface area contributed by atoms with Crippen molar-refractivity contribution in [1.29, 1.82) is 0 Å². The Hall–Kier alpha value is -12.4. The van der Waals surface area contributed by atoms with Crippen molar-refractivity contribution in [1.82, 2.24) is 41.5 Å². The van der Waals surface area contributed by atoms with Gasteiger partial charge in [-0.05, 0) is 311 Å².